The second kappa shape index (κ2) is 11.6. The van der Waals surface area contributed by atoms with E-state index in [4.69, 9.17) is 0 Å². The van der Waals surface area contributed by atoms with Crippen LogP contribution < -0.4 is 16.0 Å². The number of benzene rings is 3. The molecule has 5 nitrogen and oxygen atoms in total. The Morgan fingerprint density at radius 1 is 0.871 bits per heavy atom. The first-order valence-electron chi connectivity index (χ1n) is 10.6. The molecule has 3 aromatic carbocycles. The Hall–Kier alpha value is -3.60. The highest BCUT2D eigenvalue weighted by atomic mass is 16.1. The lowest BCUT2D eigenvalue weighted by Gasteiger charge is -2.19. The third kappa shape index (κ3) is 6.44. The molecule has 31 heavy (non-hydrogen) atoms. The van der Waals surface area contributed by atoms with Crippen LogP contribution in [0.3, 0.4) is 0 Å². The third-order valence-electron chi connectivity index (χ3n) is 5.23. The Kier molecular flexibility index (Phi) is 8.23. The van der Waals surface area contributed by atoms with Gasteiger partial charge in [-0.3, -0.25) is 9.79 Å². The molecule has 0 bridgehead atoms. The first kappa shape index (κ1) is 22.1. The second-order valence-corrected chi connectivity index (χ2v) is 7.29. The van der Waals surface area contributed by atoms with Crippen LogP contribution in [-0.2, 0) is 6.54 Å². The Labute approximate surface area is 184 Å². The van der Waals surface area contributed by atoms with Gasteiger partial charge in [-0.1, -0.05) is 72.8 Å². The Bertz CT molecular complexity index is 947. The summed E-state index contributed by atoms with van der Waals surface area (Å²) in [6, 6.07) is 28.8. The van der Waals surface area contributed by atoms with Gasteiger partial charge < -0.3 is 16.0 Å². The predicted molar refractivity (Wildman–Crippen MR) is 127 cm³/mol. The number of aliphatic imine (C=N–C) groups is 1. The first-order valence-corrected chi connectivity index (χ1v) is 10.6. The van der Waals surface area contributed by atoms with Crippen LogP contribution >= 0.6 is 0 Å². The standard InChI is InChI=1S/C26H30N4O/c1-27-25(31)23-15-9-10-20(18-23)19-30-26(28-2)29-17-16-24(21-11-5-3-6-12-21)22-13-7-4-8-14-22/h3-15,18,24H,16-17,19H2,1-2H3,(H,27,31)(H2,28,29,30). The largest absolute Gasteiger partial charge is 0.356 e. The molecule has 0 radical (unpaired) electrons. The summed E-state index contributed by atoms with van der Waals surface area (Å²) < 4.78 is 0. The van der Waals surface area contributed by atoms with Crippen molar-refractivity contribution < 1.29 is 4.79 Å². The molecular formula is C26H30N4O. The number of carbonyl (C=O) groups excluding carboxylic acids is 1. The van der Waals surface area contributed by atoms with E-state index in [9.17, 15) is 4.79 Å². The molecule has 0 aromatic heterocycles. The molecule has 0 fully saturated rings. The predicted octanol–water partition coefficient (Wildman–Crippen LogP) is 3.93. The molecule has 0 unspecified atom stereocenters. The molecule has 0 aliphatic rings. The van der Waals surface area contributed by atoms with E-state index in [0.717, 1.165) is 24.5 Å². The van der Waals surface area contributed by atoms with Gasteiger partial charge in [0.05, 0.1) is 0 Å². The Morgan fingerprint density at radius 2 is 1.52 bits per heavy atom. The van der Waals surface area contributed by atoms with Crippen LogP contribution in [0, 0.1) is 0 Å². The highest BCUT2D eigenvalue weighted by molar-refractivity contribution is 5.94. The van der Waals surface area contributed by atoms with Gasteiger partial charge in [-0.05, 0) is 35.2 Å². The number of guanidine groups is 1. The van der Waals surface area contributed by atoms with Gasteiger partial charge in [0.15, 0.2) is 5.96 Å². The van der Waals surface area contributed by atoms with E-state index < -0.39 is 0 Å². The van der Waals surface area contributed by atoms with Crippen LogP contribution in [0.15, 0.2) is 89.9 Å². The molecule has 0 aliphatic carbocycles. The van der Waals surface area contributed by atoms with E-state index >= 15 is 0 Å². The van der Waals surface area contributed by atoms with Gasteiger partial charge >= 0.3 is 0 Å². The average molecular weight is 415 g/mol. The monoisotopic (exact) mass is 414 g/mol. The Balaban J connectivity index is 1.58. The van der Waals surface area contributed by atoms with E-state index in [2.05, 4.69) is 81.6 Å². The SMILES string of the molecule is CN=C(NCCC(c1ccccc1)c1ccccc1)NCc1cccc(C(=O)NC)c1. The van der Waals surface area contributed by atoms with Crippen molar-refractivity contribution in [2.24, 2.45) is 4.99 Å². The fourth-order valence-corrected chi connectivity index (χ4v) is 3.60. The minimum absolute atomic E-state index is 0.0859. The van der Waals surface area contributed by atoms with Crippen molar-refractivity contribution in [3.8, 4) is 0 Å². The molecule has 5 heteroatoms. The number of hydrogen-bond donors (Lipinski definition) is 3. The van der Waals surface area contributed by atoms with E-state index in [1.165, 1.54) is 11.1 Å². The summed E-state index contributed by atoms with van der Waals surface area (Å²) in [6.45, 7) is 1.37. The minimum Gasteiger partial charge on any atom is -0.356 e. The summed E-state index contributed by atoms with van der Waals surface area (Å²) in [4.78, 5) is 16.2. The number of nitrogens with one attached hydrogen (secondary N) is 3. The van der Waals surface area contributed by atoms with Crippen LogP contribution in [0.5, 0.6) is 0 Å². The molecule has 3 aromatic rings. The van der Waals surface area contributed by atoms with Crippen molar-refractivity contribution in [2.45, 2.75) is 18.9 Å². The van der Waals surface area contributed by atoms with Crippen molar-refractivity contribution >= 4 is 11.9 Å². The molecule has 0 spiro atoms. The third-order valence-corrected chi connectivity index (χ3v) is 5.23. The molecule has 0 aliphatic heterocycles. The zero-order valence-corrected chi connectivity index (χ0v) is 18.1. The molecule has 0 heterocycles. The van der Waals surface area contributed by atoms with Crippen molar-refractivity contribution in [3.63, 3.8) is 0 Å². The molecule has 3 rings (SSSR count). The maximum absolute atomic E-state index is 11.8. The quantitative estimate of drug-likeness (QED) is 0.386. The summed E-state index contributed by atoms with van der Waals surface area (Å²) >= 11 is 0. The summed E-state index contributed by atoms with van der Waals surface area (Å²) in [7, 11) is 3.40. The highest BCUT2D eigenvalue weighted by Crippen LogP contribution is 2.27. The van der Waals surface area contributed by atoms with Crippen molar-refractivity contribution in [1.82, 2.24) is 16.0 Å². The first-order chi connectivity index (χ1) is 15.2. The van der Waals surface area contributed by atoms with Crippen LogP contribution in [0.4, 0.5) is 0 Å². The second-order valence-electron chi connectivity index (χ2n) is 7.29. The van der Waals surface area contributed by atoms with Crippen LogP contribution in [0.2, 0.25) is 0 Å². The lowest BCUT2D eigenvalue weighted by Crippen LogP contribution is -2.37. The van der Waals surface area contributed by atoms with Crippen molar-refractivity contribution in [3.05, 3.63) is 107 Å². The van der Waals surface area contributed by atoms with E-state index in [1.807, 2.05) is 24.3 Å². The van der Waals surface area contributed by atoms with E-state index in [0.29, 0.717) is 18.0 Å². The summed E-state index contributed by atoms with van der Waals surface area (Å²) in [5, 5.41) is 9.40. The van der Waals surface area contributed by atoms with Crippen molar-refractivity contribution in [2.75, 3.05) is 20.6 Å². The van der Waals surface area contributed by atoms with Gasteiger partial charge in [0.2, 0.25) is 0 Å². The van der Waals surface area contributed by atoms with Gasteiger partial charge in [0.25, 0.3) is 5.91 Å². The fourth-order valence-electron chi connectivity index (χ4n) is 3.60. The van der Waals surface area contributed by atoms with Crippen LogP contribution in [0.1, 0.15) is 39.4 Å². The fraction of sp³-hybridized carbons (Fsp3) is 0.231. The van der Waals surface area contributed by atoms with Gasteiger partial charge in [-0.15, -0.1) is 0 Å². The van der Waals surface area contributed by atoms with Crippen LogP contribution in [-0.4, -0.2) is 32.5 Å². The van der Waals surface area contributed by atoms with Crippen LogP contribution in [0.25, 0.3) is 0 Å². The van der Waals surface area contributed by atoms with Gasteiger partial charge in [-0.25, -0.2) is 0 Å². The van der Waals surface area contributed by atoms with E-state index in [-0.39, 0.29) is 5.91 Å². The highest BCUT2D eigenvalue weighted by Gasteiger charge is 2.13. The molecular weight excluding hydrogens is 384 g/mol. The molecule has 0 atom stereocenters. The van der Waals surface area contributed by atoms with Gasteiger partial charge in [-0.2, -0.15) is 0 Å². The summed E-state index contributed by atoms with van der Waals surface area (Å²) in [5.74, 6) is 0.972. The number of amides is 1. The van der Waals surface area contributed by atoms with Gasteiger partial charge in [0, 0.05) is 38.7 Å². The Morgan fingerprint density at radius 3 is 2.10 bits per heavy atom. The molecule has 3 N–H and O–H groups in total. The molecule has 1 amide bonds. The zero-order valence-electron chi connectivity index (χ0n) is 18.1. The summed E-state index contributed by atoms with van der Waals surface area (Å²) in [6.07, 6.45) is 0.945. The zero-order chi connectivity index (χ0) is 21.9. The lowest BCUT2D eigenvalue weighted by molar-refractivity contribution is 0.0963. The van der Waals surface area contributed by atoms with E-state index in [1.54, 1.807) is 14.1 Å². The lowest BCUT2D eigenvalue weighted by atomic mass is 9.88. The molecule has 0 saturated carbocycles. The topological polar surface area (TPSA) is 65.5 Å². The van der Waals surface area contributed by atoms with Gasteiger partial charge in [0.1, 0.15) is 0 Å². The minimum atomic E-state index is -0.0859. The molecule has 160 valence electrons. The summed E-state index contributed by atoms with van der Waals surface area (Å²) in [5.41, 5.74) is 4.29. The normalized spacial score (nSPS) is 11.3. The molecule has 0 saturated heterocycles. The maximum Gasteiger partial charge on any atom is 0.251 e. The average Bonchev–Trinajstić information content (AvgIpc) is 2.84. The number of nitrogens with zero attached hydrogens (tertiary/aromatic N) is 1. The van der Waals surface area contributed by atoms with Crippen molar-refractivity contribution in [1.29, 1.82) is 0 Å². The maximum atomic E-state index is 11.8. The number of rotatable bonds is 8. The number of hydrogen-bond acceptors (Lipinski definition) is 2. The smallest absolute Gasteiger partial charge is 0.251 e. The number of carbonyl (C=O) groups is 1.